The number of ether oxygens (including phenoxy) is 2. The van der Waals surface area contributed by atoms with Crippen LogP contribution in [0.3, 0.4) is 0 Å². The first-order valence-electron chi connectivity index (χ1n) is 8.45. The van der Waals surface area contributed by atoms with E-state index < -0.39 is 0 Å². The van der Waals surface area contributed by atoms with E-state index in [1.54, 1.807) is 0 Å². The van der Waals surface area contributed by atoms with Crippen LogP contribution >= 0.6 is 0 Å². The highest BCUT2D eigenvalue weighted by atomic mass is 16.5. The van der Waals surface area contributed by atoms with Crippen LogP contribution in [0.25, 0.3) is 0 Å². The van der Waals surface area contributed by atoms with Crippen molar-refractivity contribution in [3.05, 3.63) is 35.9 Å². The molecule has 1 amide bonds. The van der Waals surface area contributed by atoms with Gasteiger partial charge in [-0.15, -0.1) is 0 Å². The van der Waals surface area contributed by atoms with Crippen LogP contribution in [0.4, 0.5) is 0 Å². The lowest BCUT2D eigenvalue weighted by atomic mass is 9.95. The normalized spacial score (nSPS) is 18.1. The van der Waals surface area contributed by atoms with E-state index in [2.05, 4.69) is 32.9 Å². The minimum atomic E-state index is 0.0433. The monoisotopic (exact) mass is 319 g/mol. The van der Waals surface area contributed by atoms with Crippen LogP contribution in [-0.2, 0) is 20.8 Å². The van der Waals surface area contributed by atoms with Gasteiger partial charge in [0, 0.05) is 19.7 Å². The molecule has 0 aromatic heterocycles. The summed E-state index contributed by atoms with van der Waals surface area (Å²) in [5.41, 5.74) is 1.20. The topological polar surface area (TPSA) is 38.8 Å². The number of carbonyl (C=O) groups excluding carboxylic acids is 1. The van der Waals surface area contributed by atoms with E-state index >= 15 is 0 Å². The van der Waals surface area contributed by atoms with Crippen molar-refractivity contribution in [3.8, 4) is 0 Å². The summed E-state index contributed by atoms with van der Waals surface area (Å²) in [7, 11) is 0. The molecule has 1 fully saturated rings. The van der Waals surface area contributed by atoms with E-state index in [4.69, 9.17) is 9.47 Å². The Balaban J connectivity index is 1.88. The largest absolute Gasteiger partial charge is 0.376 e. The Morgan fingerprint density at radius 1 is 1.30 bits per heavy atom. The Hall–Kier alpha value is -1.39. The first kappa shape index (κ1) is 18.0. The minimum Gasteiger partial charge on any atom is -0.376 e. The molecule has 0 saturated carbocycles. The third-order valence-corrected chi connectivity index (χ3v) is 3.79. The van der Waals surface area contributed by atoms with Gasteiger partial charge in [0.25, 0.3) is 0 Å². The molecule has 0 radical (unpaired) electrons. The van der Waals surface area contributed by atoms with E-state index in [1.165, 1.54) is 0 Å². The zero-order valence-corrected chi connectivity index (χ0v) is 14.6. The molecule has 1 unspecified atom stereocenters. The summed E-state index contributed by atoms with van der Waals surface area (Å²) >= 11 is 0. The van der Waals surface area contributed by atoms with Crippen LogP contribution < -0.4 is 0 Å². The molecule has 1 aliphatic rings. The summed E-state index contributed by atoms with van der Waals surface area (Å²) in [6.07, 6.45) is 2.28. The summed E-state index contributed by atoms with van der Waals surface area (Å²) in [5, 5.41) is 0. The molecule has 4 nitrogen and oxygen atoms in total. The fraction of sp³-hybridized carbons (Fsp3) is 0.632. The fourth-order valence-electron chi connectivity index (χ4n) is 2.75. The van der Waals surface area contributed by atoms with Crippen LogP contribution in [0.5, 0.6) is 0 Å². The van der Waals surface area contributed by atoms with Gasteiger partial charge in [-0.1, -0.05) is 51.1 Å². The van der Waals surface area contributed by atoms with E-state index in [0.717, 1.165) is 25.0 Å². The van der Waals surface area contributed by atoms with Gasteiger partial charge in [0.2, 0.25) is 5.91 Å². The molecule has 1 saturated heterocycles. The van der Waals surface area contributed by atoms with Gasteiger partial charge in [-0.05, 0) is 23.8 Å². The van der Waals surface area contributed by atoms with Crippen molar-refractivity contribution < 1.29 is 14.3 Å². The van der Waals surface area contributed by atoms with Crippen LogP contribution in [-0.4, -0.2) is 43.3 Å². The predicted octanol–water partition coefficient (Wildman–Crippen LogP) is 3.26. The van der Waals surface area contributed by atoms with Gasteiger partial charge in [0.1, 0.15) is 6.61 Å². The van der Waals surface area contributed by atoms with Crippen LogP contribution in [0.15, 0.2) is 30.3 Å². The molecule has 4 heteroatoms. The number of rotatable bonds is 7. The Kier molecular flexibility index (Phi) is 6.60. The van der Waals surface area contributed by atoms with E-state index in [9.17, 15) is 4.79 Å². The lowest BCUT2D eigenvalue weighted by Crippen LogP contribution is -2.39. The summed E-state index contributed by atoms with van der Waals surface area (Å²) in [4.78, 5) is 14.5. The maximum Gasteiger partial charge on any atom is 0.248 e. The molecule has 0 N–H and O–H groups in total. The van der Waals surface area contributed by atoms with E-state index in [-0.39, 0.29) is 24.0 Å². The minimum absolute atomic E-state index is 0.0433. The SMILES string of the molecule is CC(C)(C)CN(Cc1ccccc1)C(=O)COCC1CCCO1. The third kappa shape index (κ3) is 6.71. The highest BCUT2D eigenvalue weighted by Gasteiger charge is 2.22. The molecule has 0 aliphatic carbocycles. The third-order valence-electron chi connectivity index (χ3n) is 3.79. The molecule has 0 spiro atoms. The van der Waals surface area contributed by atoms with Gasteiger partial charge < -0.3 is 14.4 Å². The molecule has 1 heterocycles. The standard InChI is InChI=1S/C19H29NO3/c1-19(2,3)15-20(12-16-8-5-4-6-9-16)18(21)14-22-13-17-10-7-11-23-17/h4-6,8-9,17H,7,10-15H2,1-3H3. The Morgan fingerprint density at radius 2 is 2.04 bits per heavy atom. The molecule has 23 heavy (non-hydrogen) atoms. The second-order valence-corrected chi connectivity index (χ2v) is 7.45. The first-order chi connectivity index (χ1) is 10.9. The molecule has 1 aliphatic heterocycles. The number of amides is 1. The van der Waals surface area contributed by atoms with E-state index in [0.29, 0.717) is 19.7 Å². The van der Waals surface area contributed by atoms with Gasteiger partial charge in [-0.3, -0.25) is 4.79 Å². The van der Waals surface area contributed by atoms with Crippen molar-refractivity contribution in [1.29, 1.82) is 0 Å². The lowest BCUT2D eigenvalue weighted by molar-refractivity contribution is -0.139. The van der Waals surface area contributed by atoms with Crippen molar-refractivity contribution in [3.63, 3.8) is 0 Å². The van der Waals surface area contributed by atoms with Gasteiger partial charge >= 0.3 is 0 Å². The van der Waals surface area contributed by atoms with E-state index in [1.807, 2.05) is 23.1 Å². The Labute approximate surface area is 139 Å². The zero-order valence-electron chi connectivity index (χ0n) is 14.6. The Bertz CT molecular complexity index is 475. The van der Waals surface area contributed by atoms with Crippen molar-refractivity contribution in [2.75, 3.05) is 26.4 Å². The quantitative estimate of drug-likeness (QED) is 0.774. The van der Waals surface area contributed by atoms with Crippen molar-refractivity contribution in [2.45, 2.75) is 46.3 Å². The number of nitrogens with zero attached hydrogens (tertiary/aromatic N) is 1. The van der Waals surface area contributed by atoms with Crippen LogP contribution in [0, 0.1) is 5.41 Å². The number of carbonyl (C=O) groups is 1. The molecular weight excluding hydrogens is 290 g/mol. The second-order valence-electron chi connectivity index (χ2n) is 7.45. The molecule has 0 bridgehead atoms. The molecule has 2 rings (SSSR count). The maximum atomic E-state index is 12.6. The maximum absolute atomic E-state index is 12.6. The highest BCUT2D eigenvalue weighted by molar-refractivity contribution is 5.77. The van der Waals surface area contributed by atoms with Crippen molar-refractivity contribution >= 4 is 5.91 Å². The number of hydrogen-bond donors (Lipinski definition) is 0. The smallest absolute Gasteiger partial charge is 0.248 e. The number of hydrogen-bond acceptors (Lipinski definition) is 3. The predicted molar refractivity (Wildman–Crippen MR) is 91.1 cm³/mol. The Morgan fingerprint density at radius 3 is 2.65 bits per heavy atom. The van der Waals surface area contributed by atoms with Gasteiger partial charge in [-0.25, -0.2) is 0 Å². The molecular formula is C19H29NO3. The van der Waals surface area contributed by atoms with Crippen molar-refractivity contribution in [2.24, 2.45) is 5.41 Å². The lowest BCUT2D eigenvalue weighted by Gasteiger charge is -2.30. The van der Waals surface area contributed by atoms with Crippen LogP contribution in [0.2, 0.25) is 0 Å². The molecule has 1 atom stereocenters. The van der Waals surface area contributed by atoms with Crippen LogP contribution in [0.1, 0.15) is 39.2 Å². The van der Waals surface area contributed by atoms with Gasteiger partial charge in [0.15, 0.2) is 0 Å². The summed E-state index contributed by atoms with van der Waals surface area (Å²) in [5.74, 6) is 0.0433. The first-order valence-corrected chi connectivity index (χ1v) is 8.45. The second kappa shape index (κ2) is 8.46. The molecule has 1 aromatic rings. The fourth-order valence-corrected chi connectivity index (χ4v) is 2.75. The molecule has 1 aromatic carbocycles. The molecule has 128 valence electrons. The summed E-state index contributed by atoms with van der Waals surface area (Å²) in [6, 6.07) is 10.1. The van der Waals surface area contributed by atoms with Gasteiger partial charge in [-0.2, -0.15) is 0 Å². The highest BCUT2D eigenvalue weighted by Crippen LogP contribution is 2.18. The average Bonchev–Trinajstić information content (AvgIpc) is 2.99. The van der Waals surface area contributed by atoms with Crippen molar-refractivity contribution in [1.82, 2.24) is 4.90 Å². The summed E-state index contributed by atoms with van der Waals surface area (Å²) < 4.78 is 11.1. The summed E-state index contributed by atoms with van der Waals surface area (Å²) in [6.45, 7) is 9.22. The average molecular weight is 319 g/mol. The number of benzene rings is 1. The van der Waals surface area contributed by atoms with Gasteiger partial charge in [0.05, 0.1) is 12.7 Å². The zero-order chi connectivity index (χ0) is 16.7.